The summed E-state index contributed by atoms with van der Waals surface area (Å²) in [5.41, 5.74) is 3.39. The molecule has 1 aliphatic rings. The molecular weight excluding hydrogens is 567 g/mol. The van der Waals surface area contributed by atoms with Crippen molar-refractivity contribution in [3.8, 4) is 5.69 Å². The van der Waals surface area contributed by atoms with E-state index in [1.807, 2.05) is 47.2 Å². The monoisotopic (exact) mass is 595 g/mol. The van der Waals surface area contributed by atoms with Crippen molar-refractivity contribution in [2.75, 3.05) is 17.7 Å². The average molecular weight is 596 g/mol. The van der Waals surface area contributed by atoms with Gasteiger partial charge in [-0.25, -0.2) is 4.79 Å². The summed E-state index contributed by atoms with van der Waals surface area (Å²) in [6.45, 7) is 4.22. The minimum Gasteiger partial charge on any atom is -0.462 e. The molecule has 40 heavy (non-hydrogen) atoms. The second-order valence-electron chi connectivity index (χ2n) is 9.21. The van der Waals surface area contributed by atoms with Gasteiger partial charge in [0.1, 0.15) is 5.00 Å². The fourth-order valence-electron chi connectivity index (χ4n) is 4.55. The smallest absolute Gasteiger partial charge is 0.341 e. The Bertz CT molecular complexity index is 1530. The number of carbonyl (C=O) groups excluding carboxylic acids is 3. The summed E-state index contributed by atoms with van der Waals surface area (Å²) in [6.07, 6.45) is 3.81. The number of rotatable bonds is 10. The molecule has 0 unspecified atom stereocenters. The molecule has 4 aromatic rings. The highest BCUT2D eigenvalue weighted by molar-refractivity contribution is 7.99. The van der Waals surface area contributed by atoms with E-state index in [0.29, 0.717) is 26.4 Å². The first-order chi connectivity index (χ1) is 19.4. The molecule has 0 spiro atoms. The third kappa shape index (κ3) is 6.29. The maximum Gasteiger partial charge on any atom is 0.341 e. The van der Waals surface area contributed by atoms with Crippen molar-refractivity contribution in [3.63, 3.8) is 0 Å². The van der Waals surface area contributed by atoms with Crippen molar-refractivity contribution >= 4 is 57.2 Å². The first-order valence-corrected chi connectivity index (χ1v) is 15.7. The maximum absolute atomic E-state index is 13.1. The van der Waals surface area contributed by atoms with Crippen molar-refractivity contribution in [1.29, 1.82) is 0 Å². The Morgan fingerprint density at radius 3 is 2.75 bits per heavy atom. The number of thiophene rings is 2. The van der Waals surface area contributed by atoms with Gasteiger partial charge in [0.05, 0.1) is 29.3 Å². The topological polar surface area (TPSA) is 115 Å². The van der Waals surface area contributed by atoms with Gasteiger partial charge in [0.2, 0.25) is 5.91 Å². The predicted molar refractivity (Wildman–Crippen MR) is 158 cm³/mol. The molecule has 9 nitrogen and oxygen atoms in total. The Kier molecular flexibility index (Phi) is 8.98. The summed E-state index contributed by atoms with van der Waals surface area (Å²) in [7, 11) is 0. The zero-order valence-electron chi connectivity index (χ0n) is 22.2. The van der Waals surface area contributed by atoms with E-state index >= 15 is 0 Å². The Labute approximate surface area is 244 Å². The first-order valence-electron chi connectivity index (χ1n) is 13.0. The normalized spacial score (nSPS) is 12.6. The fraction of sp³-hybridized carbons (Fsp3) is 0.321. The molecule has 12 heteroatoms. The van der Waals surface area contributed by atoms with Crippen molar-refractivity contribution < 1.29 is 19.1 Å². The molecule has 0 radical (unpaired) electrons. The molecule has 0 aliphatic heterocycles. The summed E-state index contributed by atoms with van der Waals surface area (Å²) in [5, 5.41) is 17.5. The third-order valence-electron chi connectivity index (χ3n) is 6.35. The van der Waals surface area contributed by atoms with E-state index in [2.05, 4.69) is 20.8 Å². The number of aromatic nitrogens is 3. The first kappa shape index (κ1) is 28.1. The molecule has 0 bridgehead atoms. The van der Waals surface area contributed by atoms with Crippen LogP contribution >= 0.6 is 34.4 Å². The lowest BCUT2D eigenvalue weighted by molar-refractivity contribution is -0.113. The summed E-state index contributed by atoms with van der Waals surface area (Å²) in [5.74, 6) is -0.206. The zero-order valence-corrected chi connectivity index (χ0v) is 24.6. The zero-order chi connectivity index (χ0) is 28.1. The van der Waals surface area contributed by atoms with Gasteiger partial charge in [-0.05, 0) is 74.2 Å². The Morgan fingerprint density at radius 1 is 1.12 bits per heavy atom. The van der Waals surface area contributed by atoms with Crippen LogP contribution in [0.15, 0.2) is 46.9 Å². The van der Waals surface area contributed by atoms with Gasteiger partial charge in [-0.3, -0.25) is 14.2 Å². The molecule has 5 rings (SSSR count). The maximum atomic E-state index is 13.1. The van der Waals surface area contributed by atoms with Crippen molar-refractivity contribution in [3.05, 3.63) is 74.0 Å². The summed E-state index contributed by atoms with van der Waals surface area (Å²) in [6, 6.07) is 11.5. The lowest BCUT2D eigenvalue weighted by atomic mass is 9.95. The van der Waals surface area contributed by atoms with Gasteiger partial charge in [-0.1, -0.05) is 30.0 Å². The van der Waals surface area contributed by atoms with E-state index in [1.165, 1.54) is 34.4 Å². The second-order valence-corrected chi connectivity index (χ2v) is 12.2. The number of carbonyl (C=O) groups is 3. The number of nitrogens with zero attached hydrogens (tertiary/aromatic N) is 3. The van der Waals surface area contributed by atoms with Crippen molar-refractivity contribution in [1.82, 2.24) is 20.1 Å². The summed E-state index contributed by atoms with van der Waals surface area (Å²) >= 11 is 4.08. The van der Waals surface area contributed by atoms with Gasteiger partial charge in [0.25, 0.3) is 5.91 Å². The standard InChI is InChI=1S/C28H29N5O4S3/c1-3-37-27(36)24-19-10-4-5-11-20(19)40-26(24)30-23(34)16-39-28-32-31-22(15-29-25(35)21-12-7-13-38-21)33(28)18-9-6-8-17(2)14-18/h6-9,12-14H,3-5,10-11,15-16H2,1-2H3,(H,29,35)(H,30,34). The van der Waals surface area contributed by atoms with Gasteiger partial charge < -0.3 is 15.4 Å². The van der Waals surface area contributed by atoms with Crippen LogP contribution in [0.1, 0.15) is 61.6 Å². The Balaban J connectivity index is 1.33. The highest BCUT2D eigenvalue weighted by atomic mass is 32.2. The molecule has 0 fully saturated rings. The van der Waals surface area contributed by atoms with Gasteiger partial charge >= 0.3 is 5.97 Å². The van der Waals surface area contributed by atoms with Crippen LogP contribution in [0.4, 0.5) is 5.00 Å². The number of hydrogen-bond donors (Lipinski definition) is 2. The van der Waals surface area contributed by atoms with Crippen LogP contribution in [0.25, 0.3) is 5.69 Å². The van der Waals surface area contributed by atoms with Crippen LogP contribution in [-0.2, 0) is 28.9 Å². The van der Waals surface area contributed by atoms with Crippen LogP contribution in [0.2, 0.25) is 0 Å². The Hall–Kier alpha value is -3.48. The number of anilines is 1. The molecule has 0 saturated heterocycles. The number of ether oxygens (including phenoxy) is 1. The predicted octanol–water partition coefficient (Wildman–Crippen LogP) is 5.42. The molecule has 0 saturated carbocycles. The summed E-state index contributed by atoms with van der Waals surface area (Å²) < 4.78 is 7.16. The van der Waals surface area contributed by atoms with Gasteiger partial charge in [0, 0.05) is 10.6 Å². The fourth-order valence-corrected chi connectivity index (χ4v) is 7.26. The van der Waals surface area contributed by atoms with Gasteiger partial charge in [0.15, 0.2) is 11.0 Å². The number of amides is 2. The van der Waals surface area contributed by atoms with E-state index in [4.69, 9.17) is 4.74 Å². The van der Waals surface area contributed by atoms with Gasteiger partial charge in [-0.2, -0.15) is 0 Å². The molecule has 1 aliphatic carbocycles. The summed E-state index contributed by atoms with van der Waals surface area (Å²) in [4.78, 5) is 40.1. The number of thioether (sulfide) groups is 1. The van der Waals surface area contributed by atoms with Crippen LogP contribution < -0.4 is 10.6 Å². The lowest BCUT2D eigenvalue weighted by Crippen LogP contribution is -2.24. The van der Waals surface area contributed by atoms with Crippen LogP contribution in [0, 0.1) is 6.92 Å². The molecule has 3 aromatic heterocycles. The lowest BCUT2D eigenvalue weighted by Gasteiger charge is -2.12. The van der Waals surface area contributed by atoms with Gasteiger partial charge in [-0.15, -0.1) is 32.9 Å². The van der Waals surface area contributed by atoms with Crippen LogP contribution in [0.3, 0.4) is 0 Å². The van der Waals surface area contributed by atoms with E-state index in [9.17, 15) is 14.4 Å². The van der Waals surface area contributed by atoms with Crippen molar-refractivity contribution in [2.24, 2.45) is 0 Å². The highest BCUT2D eigenvalue weighted by Crippen LogP contribution is 2.38. The molecule has 2 N–H and O–H groups in total. The SMILES string of the molecule is CCOC(=O)c1c(NC(=O)CSc2nnc(CNC(=O)c3cccs3)n2-c2cccc(C)c2)sc2c1CCCC2. The Morgan fingerprint density at radius 2 is 1.98 bits per heavy atom. The third-order valence-corrected chi connectivity index (χ3v) is 9.35. The molecule has 3 heterocycles. The molecule has 1 aromatic carbocycles. The number of hydrogen-bond acceptors (Lipinski definition) is 9. The van der Waals surface area contributed by atoms with Crippen LogP contribution in [0.5, 0.6) is 0 Å². The number of esters is 1. The largest absolute Gasteiger partial charge is 0.462 e. The second kappa shape index (κ2) is 12.8. The molecule has 0 atom stereocenters. The molecule has 2 amide bonds. The number of fused-ring (bicyclic) bond motifs is 1. The van der Waals surface area contributed by atoms with Crippen LogP contribution in [-0.4, -0.2) is 44.9 Å². The average Bonchev–Trinajstić information content (AvgIpc) is 3.69. The minimum absolute atomic E-state index is 0.0658. The number of benzene rings is 1. The molecular formula is C28H29N5O4S3. The van der Waals surface area contributed by atoms with E-state index in [0.717, 1.165) is 47.4 Å². The van der Waals surface area contributed by atoms with E-state index < -0.39 is 5.97 Å². The minimum atomic E-state index is -0.390. The number of nitrogens with one attached hydrogen (secondary N) is 2. The van der Waals surface area contributed by atoms with Crippen molar-refractivity contribution in [2.45, 2.75) is 51.2 Å². The quantitative estimate of drug-likeness (QED) is 0.186. The number of aryl methyl sites for hydroxylation is 2. The van der Waals surface area contributed by atoms with E-state index in [1.54, 1.807) is 13.0 Å². The highest BCUT2D eigenvalue weighted by Gasteiger charge is 2.27. The van der Waals surface area contributed by atoms with E-state index in [-0.39, 0.29) is 30.7 Å². The molecule has 208 valence electrons.